The summed E-state index contributed by atoms with van der Waals surface area (Å²) < 4.78 is 24.3. The van der Waals surface area contributed by atoms with E-state index in [1.165, 1.54) is 10.6 Å². The third-order valence-electron chi connectivity index (χ3n) is 2.67. The summed E-state index contributed by atoms with van der Waals surface area (Å²) in [5.74, 6) is 0.0162. The number of amides is 1. The molecule has 1 heterocycles. The minimum Gasteiger partial charge on any atom is -0.339 e. The summed E-state index contributed by atoms with van der Waals surface area (Å²) in [6.07, 6.45) is 1.20. The van der Waals surface area contributed by atoms with Gasteiger partial charge in [-0.15, -0.1) is 12.4 Å². The molecule has 0 bridgehead atoms. The summed E-state index contributed by atoms with van der Waals surface area (Å²) in [6.45, 7) is 3.44. The Kier molecular flexibility index (Phi) is 6.39. The van der Waals surface area contributed by atoms with Crippen LogP contribution in [0.5, 0.6) is 0 Å². The molecule has 0 spiro atoms. The van der Waals surface area contributed by atoms with E-state index in [-0.39, 0.29) is 24.4 Å². The molecule has 17 heavy (non-hydrogen) atoms. The summed E-state index contributed by atoms with van der Waals surface area (Å²) in [5.41, 5.74) is 0. The molecule has 1 N–H and O–H groups in total. The maximum Gasteiger partial charge on any atom is 0.236 e. The van der Waals surface area contributed by atoms with Gasteiger partial charge in [0.25, 0.3) is 0 Å². The zero-order valence-corrected chi connectivity index (χ0v) is 12.0. The number of halogens is 1. The Bertz CT molecular complexity index is 360. The molecule has 1 rings (SSSR count). The maximum atomic E-state index is 11.6. The van der Waals surface area contributed by atoms with Crippen LogP contribution in [0.15, 0.2) is 0 Å². The fourth-order valence-electron chi connectivity index (χ4n) is 1.92. The Morgan fingerprint density at radius 3 is 2.41 bits per heavy atom. The number of rotatable bonds is 3. The average molecular weight is 286 g/mol. The lowest BCUT2D eigenvalue weighted by atomic mass is 10.2. The van der Waals surface area contributed by atoms with Crippen molar-refractivity contribution in [3.63, 3.8) is 0 Å². The van der Waals surface area contributed by atoms with Crippen LogP contribution in [0, 0.1) is 0 Å². The SMILES string of the molecule is CNCC(=O)N1CCN(S(C)(=O)=O)[C@@H](C)C1.Cl. The lowest BCUT2D eigenvalue weighted by molar-refractivity contribution is -0.132. The van der Waals surface area contributed by atoms with Crippen molar-refractivity contribution in [2.24, 2.45) is 0 Å². The van der Waals surface area contributed by atoms with Crippen LogP contribution in [0.1, 0.15) is 6.92 Å². The number of sulfonamides is 1. The molecule has 8 heteroatoms. The molecule has 1 aliphatic rings. The second-order valence-corrected chi connectivity index (χ2v) is 6.03. The average Bonchev–Trinajstić information content (AvgIpc) is 2.16. The molecule has 1 aliphatic heterocycles. The number of likely N-dealkylation sites (N-methyl/N-ethyl adjacent to an activating group) is 1. The predicted octanol–water partition coefficient (Wildman–Crippen LogP) is -0.880. The Morgan fingerprint density at radius 2 is 2.00 bits per heavy atom. The standard InChI is InChI=1S/C9H19N3O3S.ClH/c1-8-7-11(9(13)6-10-2)4-5-12(8)16(3,14)15;/h8,10H,4-7H2,1-3H3;1H/t8-;/m0./s1. The monoisotopic (exact) mass is 285 g/mol. The van der Waals surface area contributed by atoms with Crippen molar-refractivity contribution in [1.82, 2.24) is 14.5 Å². The van der Waals surface area contributed by atoms with Gasteiger partial charge in [-0.3, -0.25) is 4.79 Å². The number of piperazine rings is 1. The first-order chi connectivity index (χ1) is 7.36. The van der Waals surface area contributed by atoms with Crippen LogP contribution < -0.4 is 5.32 Å². The highest BCUT2D eigenvalue weighted by atomic mass is 35.5. The molecular formula is C9H20ClN3O3S. The van der Waals surface area contributed by atoms with Crippen LogP contribution in [0.2, 0.25) is 0 Å². The second-order valence-electron chi connectivity index (χ2n) is 4.09. The number of hydrogen-bond donors (Lipinski definition) is 1. The fourth-order valence-corrected chi connectivity index (χ4v) is 3.06. The van der Waals surface area contributed by atoms with Gasteiger partial charge in [0.15, 0.2) is 0 Å². The largest absolute Gasteiger partial charge is 0.339 e. The van der Waals surface area contributed by atoms with Crippen LogP contribution in [0.4, 0.5) is 0 Å². The fraction of sp³-hybridized carbons (Fsp3) is 0.889. The van der Waals surface area contributed by atoms with Crippen LogP contribution >= 0.6 is 12.4 Å². The summed E-state index contributed by atoms with van der Waals surface area (Å²) in [5, 5.41) is 2.80. The van der Waals surface area contributed by atoms with Crippen molar-refractivity contribution in [2.45, 2.75) is 13.0 Å². The van der Waals surface area contributed by atoms with Crippen molar-refractivity contribution >= 4 is 28.3 Å². The van der Waals surface area contributed by atoms with Gasteiger partial charge in [-0.1, -0.05) is 0 Å². The van der Waals surface area contributed by atoms with Crippen LogP contribution in [0.3, 0.4) is 0 Å². The molecule has 102 valence electrons. The van der Waals surface area contributed by atoms with E-state index >= 15 is 0 Å². The third-order valence-corrected chi connectivity index (χ3v) is 4.07. The molecule has 0 aromatic carbocycles. The Hall–Kier alpha value is -0.370. The summed E-state index contributed by atoms with van der Waals surface area (Å²) in [7, 11) is -1.44. The molecule has 0 aliphatic carbocycles. The van der Waals surface area contributed by atoms with Gasteiger partial charge in [-0.25, -0.2) is 8.42 Å². The first-order valence-corrected chi connectivity index (χ1v) is 7.10. The maximum absolute atomic E-state index is 11.6. The van der Waals surface area contributed by atoms with Crippen molar-refractivity contribution < 1.29 is 13.2 Å². The van der Waals surface area contributed by atoms with E-state index in [9.17, 15) is 13.2 Å². The van der Waals surface area contributed by atoms with Crippen molar-refractivity contribution in [1.29, 1.82) is 0 Å². The Labute approximate surface area is 109 Å². The first-order valence-electron chi connectivity index (χ1n) is 5.25. The molecule has 0 aromatic heterocycles. The Balaban J connectivity index is 0.00000256. The van der Waals surface area contributed by atoms with Gasteiger partial charge < -0.3 is 10.2 Å². The van der Waals surface area contributed by atoms with E-state index in [1.54, 1.807) is 11.9 Å². The van der Waals surface area contributed by atoms with Crippen LogP contribution in [0.25, 0.3) is 0 Å². The zero-order chi connectivity index (χ0) is 12.3. The number of nitrogens with zero attached hydrogens (tertiary/aromatic N) is 2. The van der Waals surface area contributed by atoms with E-state index in [1.807, 2.05) is 6.92 Å². The first kappa shape index (κ1) is 16.6. The van der Waals surface area contributed by atoms with Gasteiger partial charge in [0.05, 0.1) is 12.8 Å². The van der Waals surface area contributed by atoms with Crippen molar-refractivity contribution in [3.8, 4) is 0 Å². The van der Waals surface area contributed by atoms with Gasteiger partial charge in [-0.05, 0) is 14.0 Å². The Morgan fingerprint density at radius 1 is 1.41 bits per heavy atom. The molecule has 6 nitrogen and oxygen atoms in total. The van der Waals surface area contributed by atoms with E-state index in [0.717, 1.165) is 0 Å². The molecule has 0 aromatic rings. The molecule has 0 saturated carbocycles. The molecule has 1 fully saturated rings. The molecule has 1 atom stereocenters. The van der Waals surface area contributed by atoms with E-state index < -0.39 is 10.0 Å². The minimum absolute atomic E-state index is 0. The summed E-state index contributed by atoms with van der Waals surface area (Å²) in [6, 6.07) is -0.149. The smallest absolute Gasteiger partial charge is 0.236 e. The molecule has 0 unspecified atom stereocenters. The lowest BCUT2D eigenvalue weighted by Gasteiger charge is -2.38. The molecule has 0 radical (unpaired) electrons. The highest BCUT2D eigenvalue weighted by Gasteiger charge is 2.31. The number of carbonyl (C=O) groups excluding carboxylic acids is 1. The highest BCUT2D eigenvalue weighted by Crippen LogP contribution is 2.12. The van der Waals surface area contributed by atoms with Crippen LogP contribution in [-0.2, 0) is 14.8 Å². The zero-order valence-electron chi connectivity index (χ0n) is 10.3. The number of hydrogen-bond acceptors (Lipinski definition) is 4. The van der Waals surface area contributed by atoms with Gasteiger partial charge in [0.1, 0.15) is 0 Å². The van der Waals surface area contributed by atoms with Gasteiger partial charge in [-0.2, -0.15) is 4.31 Å². The number of nitrogens with one attached hydrogen (secondary N) is 1. The molecule has 1 amide bonds. The predicted molar refractivity (Wildman–Crippen MR) is 68.8 cm³/mol. The topological polar surface area (TPSA) is 69.7 Å². The van der Waals surface area contributed by atoms with Crippen molar-refractivity contribution in [2.75, 3.05) is 39.5 Å². The quantitative estimate of drug-likeness (QED) is 0.731. The third kappa shape index (κ3) is 4.42. The lowest BCUT2D eigenvalue weighted by Crippen LogP contribution is -2.56. The van der Waals surface area contributed by atoms with Gasteiger partial charge in [0.2, 0.25) is 15.9 Å². The van der Waals surface area contributed by atoms with E-state index in [0.29, 0.717) is 26.2 Å². The minimum atomic E-state index is -3.16. The molecular weight excluding hydrogens is 266 g/mol. The normalized spacial score (nSPS) is 22.1. The van der Waals surface area contributed by atoms with Crippen molar-refractivity contribution in [3.05, 3.63) is 0 Å². The van der Waals surface area contributed by atoms with Crippen LogP contribution in [-0.4, -0.2) is 69.1 Å². The van der Waals surface area contributed by atoms with Gasteiger partial charge in [0, 0.05) is 25.7 Å². The van der Waals surface area contributed by atoms with E-state index in [2.05, 4.69) is 5.32 Å². The number of carbonyl (C=O) groups is 1. The summed E-state index contributed by atoms with van der Waals surface area (Å²) in [4.78, 5) is 13.3. The molecule has 1 saturated heterocycles. The summed E-state index contributed by atoms with van der Waals surface area (Å²) >= 11 is 0. The van der Waals surface area contributed by atoms with Gasteiger partial charge >= 0.3 is 0 Å². The highest BCUT2D eigenvalue weighted by molar-refractivity contribution is 7.88. The van der Waals surface area contributed by atoms with E-state index in [4.69, 9.17) is 0 Å². The second kappa shape index (κ2) is 6.53.